The molecule has 2 aliphatic rings. The molecule has 1 fully saturated rings. The molecule has 1 aliphatic heterocycles. The fourth-order valence-corrected chi connectivity index (χ4v) is 6.48. The van der Waals surface area contributed by atoms with E-state index in [0.29, 0.717) is 6.07 Å². The SMILES string of the molecule is O=C(O)[C@H]1C[C@H](C2CN(S(=O)(=O)c3cccc(C(F)(F)F)c3)c3cc(-c4cc(F)cc(OC(F)F)c4)ccc3O2)C1. The molecule has 1 atom stereocenters. The number of fused-ring (bicyclic) bond motifs is 1. The van der Waals surface area contributed by atoms with Crippen LogP contribution in [-0.2, 0) is 21.0 Å². The fraction of sp³-hybridized carbons (Fsp3) is 0.296. The molecule has 218 valence electrons. The Morgan fingerprint density at radius 2 is 1.76 bits per heavy atom. The third-order valence-corrected chi connectivity index (χ3v) is 8.86. The van der Waals surface area contributed by atoms with Gasteiger partial charge in [-0.1, -0.05) is 12.1 Å². The average molecular weight is 602 g/mol. The molecule has 1 saturated carbocycles. The van der Waals surface area contributed by atoms with Crippen molar-refractivity contribution in [1.29, 1.82) is 0 Å². The summed E-state index contributed by atoms with van der Waals surface area (Å²) in [4.78, 5) is 10.7. The molecule has 1 N–H and O–H groups in total. The maximum absolute atomic E-state index is 14.2. The lowest BCUT2D eigenvalue weighted by atomic mass is 9.72. The maximum atomic E-state index is 14.2. The minimum Gasteiger partial charge on any atom is -0.486 e. The summed E-state index contributed by atoms with van der Waals surface area (Å²) >= 11 is 0. The molecule has 0 amide bonds. The molecule has 7 nitrogen and oxygen atoms in total. The second kappa shape index (κ2) is 10.5. The van der Waals surface area contributed by atoms with Gasteiger partial charge in [0.15, 0.2) is 0 Å². The standard InChI is InChI=1S/C27H21F6NO6S/c28-19-8-15(9-20(12-19)39-26(29)30)14-4-5-23-22(10-14)34(13-24(40-23)16-6-17(7-16)25(35)36)41(37,38)21-3-1-2-18(11-21)27(31,32)33/h1-5,8-12,16-17,24,26H,6-7,13H2,(H,35,36)/t16-,17-,24?. The predicted molar refractivity (Wildman–Crippen MR) is 133 cm³/mol. The summed E-state index contributed by atoms with van der Waals surface area (Å²) in [7, 11) is -4.63. The van der Waals surface area contributed by atoms with E-state index in [1.54, 1.807) is 0 Å². The van der Waals surface area contributed by atoms with E-state index in [4.69, 9.17) is 4.74 Å². The summed E-state index contributed by atoms with van der Waals surface area (Å²) in [5.74, 6) is -3.30. The lowest BCUT2D eigenvalue weighted by molar-refractivity contribution is -0.147. The first-order chi connectivity index (χ1) is 19.2. The minimum absolute atomic E-state index is 0.0415. The number of hydrogen-bond donors (Lipinski definition) is 1. The van der Waals surface area contributed by atoms with Crippen molar-refractivity contribution in [3.05, 3.63) is 72.0 Å². The Balaban J connectivity index is 1.58. The van der Waals surface area contributed by atoms with Crippen LogP contribution in [0.5, 0.6) is 11.5 Å². The van der Waals surface area contributed by atoms with Crippen molar-refractivity contribution in [2.45, 2.75) is 36.6 Å². The Morgan fingerprint density at radius 3 is 2.41 bits per heavy atom. The Kier molecular flexibility index (Phi) is 7.30. The largest absolute Gasteiger partial charge is 0.486 e. The third kappa shape index (κ3) is 5.78. The molecule has 0 radical (unpaired) electrons. The van der Waals surface area contributed by atoms with E-state index in [9.17, 15) is 44.7 Å². The molecular formula is C27H21F6NO6S. The zero-order valence-corrected chi connectivity index (χ0v) is 21.6. The second-order valence-electron chi connectivity index (χ2n) is 9.72. The van der Waals surface area contributed by atoms with Gasteiger partial charge in [-0.3, -0.25) is 9.10 Å². The lowest BCUT2D eigenvalue weighted by Crippen LogP contribution is -2.50. The highest BCUT2D eigenvalue weighted by Crippen LogP contribution is 2.46. The van der Waals surface area contributed by atoms with Crippen molar-refractivity contribution in [3.8, 4) is 22.6 Å². The van der Waals surface area contributed by atoms with Crippen LogP contribution >= 0.6 is 0 Å². The quantitative estimate of drug-likeness (QED) is 0.325. The first-order valence-electron chi connectivity index (χ1n) is 12.2. The molecule has 0 bridgehead atoms. The van der Waals surface area contributed by atoms with Gasteiger partial charge in [0, 0.05) is 6.07 Å². The molecule has 0 spiro atoms. The van der Waals surface area contributed by atoms with Gasteiger partial charge in [0.1, 0.15) is 23.4 Å². The normalized spacial score (nSPS) is 20.7. The van der Waals surface area contributed by atoms with Crippen LogP contribution < -0.4 is 13.8 Å². The van der Waals surface area contributed by atoms with Crippen LogP contribution in [0.3, 0.4) is 0 Å². The van der Waals surface area contributed by atoms with Crippen molar-refractivity contribution < 1.29 is 54.1 Å². The molecule has 1 heterocycles. The number of benzene rings is 3. The van der Waals surface area contributed by atoms with Gasteiger partial charge in [-0.2, -0.15) is 22.0 Å². The van der Waals surface area contributed by atoms with Crippen LogP contribution in [-0.4, -0.2) is 38.8 Å². The van der Waals surface area contributed by atoms with Crippen molar-refractivity contribution in [3.63, 3.8) is 0 Å². The van der Waals surface area contributed by atoms with Crippen molar-refractivity contribution in [2.75, 3.05) is 10.8 Å². The summed E-state index contributed by atoms with van der Waals surface area (Å²) < 4.78 is 119. The second-order valence-corrected chi connectivity index (χ2v) is 11.6. The Bertz CT molecular complexity index is 1590. The number of carboxylic acid groups (broad SMARTS) is 1. The minimum atomic E-state index is -4.81. The number of alkyl halides is 5. The third-order valence-electron chi connectivity index (χ3n) is 7.08. The lowest BCUT2D eigenvalue weighted by Gasteiger charge is -2.43. The van der Waals surface area contributed by atoms with E-state index in [2.05, 4.69) is 4.74 Å². The van der Waals surface area contributed by atoms with Crippen LogP contribution in [0.1, 0.15) is 18.4 Å². The van der Waals surface area contributed by atoms with E-state index in [1.807, 2.05) is 0 Å². The molecule has 3 aromatic rings. The van der Waals surface area contributed by atoms with E-state index in [1.165, 1.54) is 18.2 Å². The topological polar surface area (TPSA) is 93.1 Å². The zero-order chi connectivity index (χ0) is 29.7. The van der Waals surface area contributed by atoms with Gasteiger partial charge >= 0.3 is 18.8 Å². The van der Waals surface area contributed by atoms with E-state index in [0.717, 1.165) is 40.7 Å². The van der Waals surface area contributed by atoms with Crippen LogP contribution in [0, 0.1) is 17.7 Å². The van der Waals surface area contributed by atoms with Crippen molar-refractivity contribution in [2.24, 2.45) is 11.8 Å². The number of ether oxygens (including phenoxy) is 2. The van der Waals surface area contributed by atoms with Gasteiger partial charge in [-0.25, -0.2) is 12.8 Å². The number of carboxylic acids is 1. The highest BCUT2D eigenvalue weighted by molar-refractivity contribution is 7.92. The predicted octanol–water partition coefficient (Wildman–Crippen LogP) is 6.18. The Morgan fingerprint density at radius 1 is 1.02 bits per heavy atom. The van der Waals surface area contributed by atoms with Crippen LogP contribution in [0.15, 0.2) is 65.6 Å². The highest BCUT2D eigenvalue weighted by atomic mass is 32.2. The molecule has 1 aliphatic carbocycles. The molecule has 1 unspecified atom stereocenters. The van der Waals surface area contributed by atoms with Gasteiger partial charge in [0.05, 0.1) is 28.6 Å². The van der Waals surface area contributed by atoms with Gasteiger partial charge in [-0.15, -0.1) is 0 Å². The van der Waals surface area contributed by atoms with Crippen LogP contribution in [0.25, 0.3) is 11.1 Å². The van der Waals surface area contributed by atoms with Gasteiger partial charge in [0.2, 0.25) is 0 Å². The van der Waals surface area contributed by atoms with E-state index in [-0.39, 0.29) is 47.9 Å². The van der Waals surface area contributed by atoms with Crippen molar-refractivity contribution >= 4 is 21.7 Å². The number of anilines is 1. The Labute approximate surface area is 230 Å². The molecular weight excluding hydrogens is 580 g/mol. The van der Waals surface area contributed by atoms with Crippen molar-refractivity contribution in [1.82, 2.24) is 0 Å². The number of hydrogen-bond acceptors (Lipinski definition) is 5. The smallest absolute Gasteiger partial charge is 0.416 e. The number of rotatable bonds is 7. The summed E-state index contributed by atoms with van der Waals surface area (Å²) in [6.07, 6.45) is -5.16. The molecule has 0 saturated heterocycles. The molecule has 5 rings (SSSR count). The monoisotopic (exact) mass is 601 g/mol. The van der Waals surface area contributed by atoms with Crippen LogP contribution in [0.2, 0.25) is 0 Å². The first kappa shape index (κ1) is 28.6. The summed E-state index contributed by atoms with van der Waals surface area (Å²) in [5.41, 5.74) is -1.01. The van der Waals surface area contributed by atoms with Gasteiger partial charge < -0.3 is 14.6 Å². The highest BCUT2D eigenvalue weighted by Gasteiger charge is 2.45. The number of nitrogens with zero attached hydrogens (tertiary/aromatic N) is 1. The molecule has 3 aromatic carbocycles. The Hall–Kier alpha value is -3.94. The van der Waals surface area contributed by atoms with E-state index >= 15 is 0 Å². The summed E-state index contributed by atoms with van der Waals surface area (Å²) in [6.45, 7) is -3.56. The maximum Gasteiger partial charge on any atom is 0.416 e. The number of halogens is 6. The molecule has 0 aromatic heterocycles. The van der Waals surface area contributed by atoms with Crippen LogP contribution in [0.4, 0.5) is 32.0 Å². The number of aliphatic carboxylic acids is 1. The summed E-state index contributed by atoms with van der Waals surface area (Å²) in [5, 5.41) is 9.24. The molecule has 41 heavy (non-hydrogen) atoms. The zero-order valence-electron chi connectivity index (χ0n) is 20.8. The fourth-order valence-electron chi connectivity index (χ4n) is 4.95. The number of carbonyl (C=O) groups is 1. The number of sulfonamides is 1. The first-order valence-corrected chi connectivity index (χ1v) is 13.7. The van der Waals surface area contributed by atoms with Gasteiger partial charge in [0.25, 0.3) is 10.0 Å². The van der Waals surface area contributed by atoms with Gasteiger partial charge in [-0.05, 0) is 72.4 Å². The average Bonchev–Trinajstić information content (AvgIpc) is 2.85. The van der Waals surface area contributed by atoms with E-state index < -0.39 is 62.8 Å². The molecule has 14 heteroatoms. The summed E-state index contributed by atoms with van der Waals surface area (Å²) in [6, 6.07) is 10.2.